The van der Waals surface area contributed by atoms with E-state index in [0.717, 1.165) is 10.4 Å². The fraction of sp³-hybridized carbons (Fsp3) is 0.407. The molecule has 1 aliphatic carbocycles. The number of benzene rings is 1. The van der Waals surface area contributed by atoms with E-state index in [1.165, 1.54) is 11.8 Å². The summed E-state index contributed by atoms with van der Waals surface area (Å²) in [7, 11) is 1.57. The number of likely N-dealkylation sites (tertiary alicyclic amines) is 1. The number of carbonyl (C=O) groups excluding carboxylic acids is 3. The van der Waals surface area contributed by atoms with Crippen LogP contribution in [0.15, 0.2) is 55.5 Å². The number of methoxy groups -OCH3 is 1. The Morgan fingerprint density at radius 2 is 2.08 bits per heavy atom. The van der Waals surface area contributed by atoms with Crippen molar-refractivity contribution >= 4 is 28.9 Å². The molecule has 2 aromatic rings. The zero-order chi connectivity index (χ0) is 27.6. The predicted octanol–water partition coefficient (Wildman–Crippen LogP) is 2.95. The van der Waals surface area contributed by atoms with Crippen LogP contribution in [0.4, 0.5) is 4.79 Å². The van der Waals surface area contributed by atoms with E-state index in [0.29, 0.717) is 17.0 Å². The van der Waals surface area contributed by atoms with Crippen molar-refractivity contribution in [3.8, 4) is 11.5 Å². The van der Waals surface area contributed by atoms with Gasteiger partial charge in [-0.15, -0.1) is 6.58 Å². The monoisotopic (exact) mass is 524 g/mol. The van der Waals surface area contributed by atoms with E-state index in [2.05, 4.69) is 18.1 Å². The lowest BCUT2D eigenvalue weighted by atomic mass is 10.1. The summed E-state index contributed by atoms with van der Waals surface area (Å²) in [4.78, 5) is 45.0. The second-order valence-corrected chi connectivity index (χ2v) is 9.31. The summed E-state index contributed by atoms with van der Waals surface area (Å²) in [6, 6.07) is 6.08. The maximum atomic E-state index is 13.7. The van der Waals surface area contributed by atoms with Gasteiger partial charge in [0.25, 0.3) is 5.91 Å². The van der Waals surface area contributed by atoms with Gasteiger partial charge in [0.2, 0.25) is 0 Å². The van der Waals surface area contributed by atoms with Crippen LogP contribution in [0.2, 0.25) is 0 Å². The lowest BCUT2D eigenvalue weighted by Gasteiger charge is -2.31. The first-order valence-corrected chi connectivity index (χ1v) is 12.3. The molecule has 1 saturated heterocycles. The Morgan fingerprint density at radius 3 is 2.71 bits per heavy atom. The summed E-state index contributed by atoms with van der Waals surface area (Å²) in [5.41, 5.74) is -0.697. The standard InChI is InChI=1S/C27H32N4O7/c1-6-17-14-27(17,25(33)36-7-2)31(28)24(32)22-13-19(15-30(22)26(34)37-16(3)4)38-23-10-11-29-21-12-18(35-5)8-9-20(21)23/h6,8-12,17,19,22H,1,3,7,13-15,28H2,2,4-5H3/t17-,19-,22+,27-/m1/s1. The number of aromatic nitrogens is 1. The summed E-state index contributed by atoms with van der Waals surface area (Å²) in [5, 5.41) is 1.63. The Kier molecular flexibility index (Phi) is 7.58. The number of hydrogen-bond donors (Lipinski definition) is 1. The van der Waals surface area contributed by atoms with Gasteiger partial charge in [-0.3, -0.25) is 19.7 Å². The molecule has 4 atom stereocenters. The van der Waals surface area contributed by atoms with Crippen molar-refractivity contribution in [3.05, 3.63) is 55.5 Å². The van der Waals surface area contributed by atoms with Crippen LogP contribution in [0.25, 0.3) is 10.9 Å². The zero-order valence-corrected chi connectivity index (χ0v) is 21.7. The number of hydrogen-bond acceptors (Lipinski definition) is 9. The molecule has 1 aromatic heterocycles. The first kappa shape index (κ1) is 26.9. The van der Waals surface area contributed by atoms with Crippen LogP contribution in [0, 0.1) is 5.92 Å². The third kappa shape index (κ3) is 4.89. The third-order valence-corrected chi connectivity index (χ3v) is 6.81. The summed E-state index contributed by atoms with van der Waals surface area (Å²) >= 11 is 0. The number of carbonyl (C=O) groups is 3. The molecule has 202 valence electrons. The first-order chi connectivity index (χ1) is 18.2. The van der Waals surface area contributed by atoms with Crippen molar-refractivity contribution in [1.82, 2.24) is 14.9 Å². The maximum Gasteiger partial charge on any atom is 0.415 e. The highest BCUT2D eigenvalue weighted by atomic mass is 16.6. The Bertz CT molecular complexity index is 1280. The predicted molar refractivity (Wildman–Crippen MR) is 138 cm³/mol. The average molecular weight is 525 g/mol. The molecule has 1 saturated carbocycles. The van der Waals surface area contributed by atoms with Gasteiger partial charge in [-0.1, -0.05) is 12.7 Å². The highest BCUT2D eigenvalue weighted by Crippen LogP contribution is 2.49. The molecule has 1 aromatic carbocycles. The number of hydrazine groups is 1. The second kappa shape index (κ2) is 10.7. The van der Waals surface area contributed by atoms with Gasteiger partial charge in [0.15, 0.2) is 5.54 Å². The number of nitrogens with zero attached hydrogens (tertiary/aromatic N) is 3. The van der Waals surface area contributed by atoms with Crippen molar-refractivity contribution in [2.24, 2.45) is 11.8 Å². The van der Waals surface area contributed by atoms with Gasteiger partial charge < -0.3 is 18.9 Å². The van der Waals surface area contributed by atoms with E-state index in [9.17, 15) is 14.4 Å². The van der Waals surface area contributed by atoms with Crippen molar-refractivity contribution in [3.63, 3.8) is 0 Å². The molecule has 0 bridgehead atoms. The number of esters is 1. The minimum Gasteiger partial charge on any atom is -0.497 e. The van der Waals surface area contributed by atoms with E-state index in [1.807, 2.05) is 6.07 Å². The molecule has 2 heterocycles. The molecule has 2 amide bonds. The molecular weight excluding hydrogens is 492 g/mol. The Labute approximate surface area is 220 Å². The summed E-state index contributed by atoms with van der Waals surface area (Å²) in [6.07, 6.45) is 2.25. The van der Waals surface area contributed by atoms with Crippen LogP contribution in [0.1, 0.15) is 26.7 Å². The second-order valence-electron chi connectivity index (χ2n) is 9.31. The number of allylic oxidation sites excluding steroid dienone is 1. The van der Waals surface area contributed by atoms with Gasteiger partial charge in [0, 0.05) is 30.0 Å². The van der Waals surface area contributed by atoms with Gasteiger partial charge in [0.05, 0.1) is 31.5 Å². The normalized spacial score (nSPS) is 23.9. The summed E-state index contributed by atoms with van der Waals surface area (Å²) < 4.78 is 22.0. The molecule has 4 rings (SSSR count). The van der Waals surface area contributed by atoms with Gasteiger partial charge in [-0.05, 0) is 38.5 Å². The van der Waals surface area contributed by atoms with Crippen LogP contribution in [0.5, 0.6) is 11.5 Å². The highest BCUT2D eigenvalue weighted by molar-refractivity contribution is 5.94. The molecule has 38 heavy (non-hydrogen) atoms. The van der Waals surface area contributed by atoms with Crippen molar-refractivity contribution in [1.29, 1.82) is 0 Å². The smallest absolute Gasteiger partial charge is 0.415 e. The molecule has 2 fully saturated rings. The molecule has 11 nitrogen and oxygen atoms in total. The van der Waals surface area contributed by atoms with Gasteiger partial charge in [-0.2, -0.15) is 0 Å². The minimum absolute atomic E-state index is 0.0492. The highest BCUT2D eigenvalue weighted by Gasteiger charge is 2.66. The number of nitrogens with two attached hydrogens (primary N) is 1. The van der Waals surface area contributed by atoms with Crippen LogP contribution >= 0.6 is 0 Å². The van der Waals surface area contributed by atoms with Crippen molar-refractivity contribution < 1.29 is 33.3 Å². The van der Waals surface area contributed by atoms with Gasteiger partial charge in [0.1, 0.15) is 23.6 Å². The quantitative estimate of drug-likeness (QED) is 0.131. The van der Waals surface area contributed by atoms with E-state index < -0.39 is 35.7 Å². The lowest BCUT2D eigenvalue weighted by Crippen LogP contribution is -2.59. The van der Waals surface area contributed by atoms with Crippen molar-refractivity contribution in [2.45, 2.75) is 44.4 Å². The van der Waals surface area contributed by atoms with Crippen molar-refractivity contribution in [2.75, 3.05) is 20.3 Å². The number of amides is 2. The molecule has 2 N–H and O–H groups in total. The average Bonchev–Trinajstić information content (AvgIpc) is 3.51. The Hall–Kier alpha value is -4.12. The number of ether oxygens (including phenoxy) is 4. The van der Waals surface area contributed by atoms with Crippen LogP contribution < -0.4 is 15.3 Å². The molecule has 0 spiro atoms. The van der Waals surface area contributed by atoms with E-state index in [-0.39, 0.29) is 37.7 Å². The maximum absolute atomic E-state index is 13.7. The zero-order valence-electron chi connectivity index (χ0n) is 21.7. The Morgan fingerprint density at radius 1 is 1.32 bits per heavy atom. The topological polar surface area (TPSA) is 134 Å². The molecule has 0 radical (unpaired) electrons. The number of rotatable bonds is 9. The van der Waals surface area contributed by atoms with Crippen LogP contribution in [-0.2, 0) is 19.1 Å². The molecule has 2 aliphatic rings. The fourth-order valence-corrected chi connectivity index (χ4v) is 4.82. The summed E-state index contributed by atoms with van der Waals surface area (Å²) in [5.74, 6) is 6.03. The third-order valence-electron chi connectivity index (χ3n) is 6.81. The SMILES string of the molecule is C=C[C@@H]1C[C@@]1(C(=O)OCC)N(N)C(=O)[C@@H]1C[C@@H](Oc2ccnc3cc(OC)ccc23)CN1C(=O)OC(=C)C. The molecule has 11 heteroatoms. The Balaban J connectivity index is 1.60. The minimum atomic E-state index is -1.36. The number of pyridine rings is 1. The van der Waals surface area contributed by atoms with Crippen LogP contribution in [-0.4, -0.2) is 70.8 Å². The molecule has 1 aliphatic heterocycles. The van der Waals surface area contributed by atoms with Gasteiger partial charge >= 0.3 is 12.1 Å². The molecular formula is C27H32N4O7. The van der Waals surface area contributed by atoms with Gasteiger partial charge in [-0.25, -0.2) is 15.4 Å². The largest absolute Gasteiger partial charge is 0.497 e. The van der Waals surface area contributed by atoms with E-state index in [1.54, 1.807) is 44.5 Å². The van der Waals surface area contributed by atoms with Crippen LogP contribution in [0.3, 0.4) is 0 Å². The van der Waals surface area contributed by atoms with E-state index >= 15 is 0 Å². The summed E-state index contributed by atoms with van der Waals surface area (Å²) in [6.45, 7) is 10.7. The lowest BCUT2D eigenvalue weighted by molar-refractivity contribution is -0.159. The molecule has 0 unspecified atom stereocenters. The first-order valence-electron chi connectivity index (χ1n) is 12.3. The fourth-order valence-electron chi connectivity index (χ4n) is 4.82. The van der Waals surface area contributed by atoms with E-state index in [4.69, 9.17) is 24.8 Å². The number of fused-ring (bicyclic) bond motifs is 1.